The van der Waals surface area contributed by atoms with Gasteiger partial charge in [0.15, 0.2) is 0 Å². The molecule has 1 saturated heterocycles. The molecule has 0 amide bonds. The van der Waals surface area contributed by atoms with Crippen molar-refractivity contribution < 1.29 is 4.39 Å². The topological polar surface area (TPSA) is 29.3 Å². The van der Waals surface area contributed by atoms with E-state index in [9.17, 15) is 4.39 Å². The highest BCUT2D eigenvalue weighted by Crippen LogP contribution is 2.16. The molecule has 4 heteroatoms. The van der Waals surface area contributed by atoms with Crippen LogP contribution in [0.15, 0.2) is 24.5 Å². The van der Waals surface area contributed by atoms with Crippen LogP contribution in [-0.2, 0) is 6.42 Å². The molecule has 1 N–H and O–H groups in total. The molecule has 0 saturated carbocycles. The van der Waals surface area contributed by atoms with Crippen molar-refractivity contribution in [2.45, 2.75) is 12.8 Å². The van der Waals surface area contributed by atoms with Gasteiger partial charge in [-0.2, -0.15) is 0 Å². The van der Waals surface area contributed by atoms with E-state index in [4.69, 9.17) is 0 Å². The van der Waals surface area contributed by atoms with E-state index >= 15 is 0 Å². The molecule has 0 aromatic carbocycles. The fraction of sp³-hybridized carbons (Fsp3) is 0.417. The van der Waals surface area contributed by atoms with E-state index in [1.807, 2.05) is 4.40 Å². The zero-order chi connectivity index (χ0) is 11.0. The zero-order valence-corrected chi connectivity index (χ0v) is 8.99. The Morgan fingerprint density at radius 1 is 1.56 bits per heavy atom. The number of nitrogens with zero attached hydrogens (tertiary/aromatic N) is 2. The van der Waals surface area contributed by atoms with Crippen molar-refractivity contribution in [1.82, 2.24) is 14.7 Å². The molecule has 0 spiro atoms. The van der Waals surface area contributed by atoms with Crippen molar-refractivity contribution in [2.24, 2.45) is 5.92 Å². The average molecular weight is 219 g/mol. The second-order valence-electron chi connectivity index (χ2n) is 4.38. The van der Waals surface area contributed by atoms with Gasteiger partial charge in [-0.1, -0.05) is 0 Å². The molecule has 16 heavy (non-hydrogen) atoms. The van der Waals surface area contributed by atoms with E-state index in [0.717, 1.165) is 30.9 Å². The van der Waals surface area contributed by atoms with E-state index in [1.165, 1.54) is 18.6 Å². The van der Waals surface area contributed by atoms with Crippen LogP contribution >= 0.6 is 0 Å². The molecule has 0 bridgehead atoms. The second kappa shape index (κ2) is 3.87. The summed E-state index contributed by atoms with van der Waals surface area (Å²) in [5.74, 6) is 1.49. The Balaban J connectivity index is 1.91. The van der Waals surface area contributed by atoms with Crippen LogP contribution in [0.3, 0.4) is 0 Å². The van der Waals surface area contributed by atoms with Crippen LogP contribution < -0.4 is 5.32 Å². The lowest BCUT2D eigenvalue weighted by Crippen LogP contribution is -2.12. The van der Waals surface area contributed by atoms with E-state index in [2.05, 4.69) is 10.3 Å². The van der Waals surface area contributed by atoms with Crippen LogP contribution in [0, 0.1) is 11.7 Å². The van der Waals surface area contributed by atoms with Crippen molar-refractivity contribution in [2.75, 3.05) is 13.1 Å². The van der Waals surface area contributed by atoms with Crippen molar-refractivity contribution in [3.8, 4) is 0 Å². The molecule has 1 atom stereocenters. The number of pyridine rings is 1. The number of nitrogens with one attached hydrogen (secondary N) is 1. The lowest BCUT2D eigenvalue weighted by molar-refractivity contribution is 0.559. The van der Waals surface area contributed by atoms with Gasteiger partial charge < -0.3 is 9.72 Å². The molecule has 1 aliphatic rings. The number of hydrogen-bond acceptors (Lipinski definition) is 2. The number of fused-ring (bicyclic) bond motifs is 1. The molecule has 3 rings (SSSR count). The highest BCUT2D eigenvalue weighted by molar-refractivity contribution is 5.46. The standard InChI is InChI=1S/C12H14FN3/c13-10-2-4-16-11(6-10)8-15-12(16)5-9-1-3-14-7-9/h2,4,6,8-9,14H,1,3,5,7H2. The van der Waals surface area contributed by atoms with E-state index in [1.54, 1.807) is 12.4 Å². The van der Waals surface area contributed by atoms with Gasteiger partial charge in [-0.25, -0.2) is 9.37 Å². The van der Waals surface area contributed by atoms with Crippen molar-refractivity contribution in [3.05, 3.63) is 36.2 Å². The fourth-order valence-corrected chi connectivity index (χ4v) is 2.33. The maximum Gasteiger partial charge on any atom is 0.126 e. The van der Waals surface area contributed by atoms with E-state index < -0.39 is 0 Å². The molecule has 1 unspecified atom stereocenters. The maximum absolute atomic E-state index is 13.0. The first-order valence-corrected chi connectivity index (χ1v) is 5.65. The maximum atomic E-state index is 13.0. The van der Waals surface area contributed by atoms with Gasteiger partial charge in [-0.05, 0) is 37.6 Å². The largest absolute Gasteiger partial charge is 0.316 e. The zero-order valence-electron chi connectivity index (χ0n) is 8.99. The van der Waals surface area contributed by atoms with Crippen LogP contribution in [0.25, 0.3) is 5.52 Å². The Labute approximate surface area is 93.3 Å². The van der Waals surface area contributed by atoms with Crippen LogP contribution in [0.4, 0.5) is 4.39 Å². The lowest BCUT2D eigenvalue weighted by atomic mass is 10.1. The molecule has 3 heterocycles. The Kier molecular flexibility index (Phi) is 2.36. The summed E-state index contributed by atoms with van der Waals surface area (Å²) in [5, 5.41) is 3.34. The first-order valence-electron chi connectivity index (χ1n) is 5.65. The van der Waals surface area contributed by atoms with Gasteiger partial charge in [0.05, 0.1) is 11.7 Å². The van der Waals surface area contributed by atoms with Gasteiger partial charge >= 0.3 is 0 Å². The Morgan fingerprint density at radius 3 is 3.31 bits per heavy atom. The summed E-state index contributed by atoms with van der Waals surface area (Å²) in [4.78, 5) is 4.37. The molecule has 1 aliphatic heterocycles. The minimum Gasteiger partial charge on any atom is -0.316 e. The molecule has 3 nitrogen and oxygen atoms in total. The summed E-state index contributed by atoms with van der Waals surface area (Å²) in [6.07, 6.45) is 5.67. The minimum absolute atomic E-state index is 0.207. The number of hydrogen-bond donors (Lipinski definition) is 1. The van der Waals surface area contributed by atoms with Gasteiger partial charge in [0.1, 0.15) is 11.6 Å². The summed E-state index contributed by atoms with van der Waals surface area (Å²) in [7, 11) is 0. The predicted octanol–water partition coefficient (Wildman–Crippen LogP) is 1.63. The lowest BCUT2D eigenvalue weighted by Gasteiger charge is -2.06. The first-order chi connectivity index (χ1) is 7.83. The normalized spacial score (nSPS) is 20.7. The van der Waals surface area contributed by atoms with Gasteiger partial charge in [0.25, 0.3) is 0 Å². The second-order valence-corrected chi connectivity index (χ2v) is 4.38. The van der Waals surface area contributed by atoms with Gasteiger partial charge in [0.2, 0.25) is 0 Å². The number of imidazole rings is 1. The molecule has 84 valence electrons. The van der Waals surface area contributed by atoms with E-state index in [-0.39, 0.29) is 5.82 Å². The summed E-state index contributed by atoms with van der Waals surface area (Å²) in [5.41, 5.74) is 0.834. The fourth-order valence-electron chi connectivity index (χ4n) is 2.33. The SMILES string of the molecule is Fc1ccn2c(CC3CCNC3)ncc2c1. The van der Waals surface area contributed by atoms with Crippen molar-refractivity contribution >= 4 is 5.52 Å². The molecule has 0 aliphatic carbocycles. The molecular weight excluding hydrogens is 205 g/mol. The van der Waals surface area contributed by atoms with Gasteiger partial charge in [-0.3, -0.25) is 0 Å². The summed E-state index contributed by atoms with van der Waals surface area (Å²) >= 11 is 0. The predicted molar refractivity (Wildman–Crippen MR) is 59.8 cm³/mol. The van der Waals surface area contributed by atoms with Crippen LogP contribution in [0.1, 0.15) is 12.2 Å². The van der Waals surface area contributed by atoms with Crippen molar-refractivity contribution in [1.29, 1.82) is 0 Å². The third kappa shape index (κ3) is 1.69. The highest BCUT2D eigenvalue weighted by atomic mass is 19.1. The Morgan fingerprint density at radius 2 is 2.50 bits per heavy atom. The summed E-state index contributed by atoms with van der Waals surface area (Å²) in [6, 6.07) is 2.99. The Hall–Kier alpha value is -1.42. The van der Waals surface area contributed by atoms with Gasteiger partial charge in [-0.15, -0.1) is 0 Å². The molecule has 2 aromatic rings. The number of halogens is 1. The van der Waals surface area contributed by atoms with E-state index in [0.29, 0.717) is 5.92 Å². The quantitative estimate of drug-likeness (QED) is 0.831. The summed E-state index contributed by atoms with van der Waals surface area (Å²) < 4.78 is 15.0. The molecular formula is C12H14FN3. The number of aromatic nitrogens is 2. The first kappa shape index (κ1) is 9.78. The minimum atomic E-state index is -0.207. The van der Waals surface area contributed by atoms with Gasteiger partial charge in [0, 0.05) is 12.6 Å². The molecule has 1 fully saturated rings. The van der Waals surface area contributed by atoms with Crippen LogP contribution in [0.2, 0.25) is 0 Å². The average Bonchev–Trinajstić information content (AvgIpc) is 2.89. The Bertz CT molecular complexity index is 500. The number of rotatable bonds is 2. The van der Waals surface area contributed by atoms with Crippen LogP contribution in [-0.4, -0.2) is 22.5 Å². The molecule has 0 radical (unpaired) electrons. The summed E-state index contributed by atoms with van der Waals surface area (Å²) in [6.45, 7) is 2.17. The third-order valence-electron chi connectivity index (χ3n) is 3.20. The monoisotopic (exact) mass is 219 g/mol. The smallest absolute Gasteiger partial charge is 0.126 e. The third-order valence-corrected chi connectivity index (χ3v) is 3.20. The highest BCUT2D eigenvalue weighted by Gasteiger charge is 2.17. The van der Waals surface area contributed by atoms with Crippen LogP contribution in [0.5, 0.6) is 0 Å². The van der Waals surface area contributed by atoms with Crippen molar-refractivity contribution in [3.63, 3.8) is 0 Å². The molecule has 2 aromatic heterocycles.